The lowest BCUT2D eigenvalue weighted by Gasteiger charge is -2.39. The Morgan fingerprint density at radius 1 is 1.23 bits per heavy atom. The van der Waals surface area contributed by atoms with Gasteiger partial charge < -0.3 is 9.84 Å². The number of carbonyl (C=O) groups excluding carboxylic acids is 1. The van der Waals surface area contributed by atoms with Gasteiger partial charge in [0.05, 0.1) is 11.5 Å². The van der Waals surface area contributed by atoms with Crippen LogP contribution in [0.4, 0.5) is 0 Å². The summed E-state index contributed by atoms with van der Waals surface area (Å²) in [5.74, 6) is -0.529. The highest BCUT2D eigenvalue weighted by Crippen LogP contribution is 2.42. The van der Waals surface area contributed by atoms with Gasteiger partial charge in [0.15, 0.2) is 15.9 Å². The number of aliphatic hydroxyl groups excluding tert-OH is 1. The summed E-state index contributed by atoms with van der Waals surface area (Å²) in [5.41, 5.74) is 1.37. The molecular formula is C18H27NO6S. The van der Waals surface area contributed by atoms with Crippen molar-refractivity contribution in [1.82, 2.24) is 5.48 Å². The van der Waals surface area contributed by atoms with Crippen LogP contribution in [0.15, 0.2) is 29.2 Å². The molecule has 0 heterocycles. The van der Waals surface area contributed by atoms with Gasteiger partial charge in [-0.1, -0.05) is 32.6 Å². The van der Waals surface area contributed by atoms with Crippen molar-refractivity contribution in [1.29, 1.82) is 0 Å². The molecule has 1 aromatic rings. The second kappa shape index (κ2) is 8.83. The third kappa shape index (κ3) is 4.02. The molecule has 26 heavy (non-hydrogen) atoms. The fraction of sp³-hybridized carbons (Fsp3) is 0.611. The van der Waals surface area contributed by atoms with Crippen LogP contribution in [0.1, 0.15) is 51.9 Å². The first-order chi connectivity index (χ1) is 12.4. The lowest BCUT2D eigenvalue weighted by atomic mass is 9.84. The second-order valence-corrected chi connectivity index (χ2v) is 8.97. The molecule has 1 aromatic carbocycles. The van der Waals surface area contributed by atoms with E-state index in [1.54, 1.807) is 12.1 Å². The number of benzene rings is 1. The van der Waals surface area contributed by atoms with Gasteiger partial charge in [-0.2, -0.15) is 0 Å². The molecule has 1 amide bonds. The molecule has 1 atom stereocenters. The van der Waals surface area contributed by atoms with Gasteiger partial charge >= 0.3 is 0 Å². The number of aliphatic hydroxyl groups is 1. The Morgan fingerprint density at radius 3 is 2.38 bits per heavy atom. The van der Waals surface area contributed by atoms with Gasteiger partial charge in [-0.3, -0.25) is 10.0 Å². The fourth-order valence-electron chi connectivity index (χ4n) is 3.42. The fourth-order valence-corrected chi connectivity index (χ4v) is 5.61. The van der Waals surface area contributed by atoms with Crippen molar-refractivity contribution >= 4 is 15.7 Å². The van der Waals surface area contributed by atoms with E-state index in [9.17, 15) is 18.3 Å². The van der Waals surface area contributed by atoms with E-state index in [0.29, 0.717) is 25.2 Å². The number of hydrogen-bond donors (Lipinski definition) is 3. The number of hydroxylamine groups is 1. The summed E-state index contributed by atoms with van der Waals surface area (Å²) in [7, 11) is -4.00. The van der Waals surface area contributed by atoms with E-state index < -0.39 is 26.6 Å². The van der Waals surface area contributed by atoms with Crippen LogP contribution in [0.25, 0.3) is 0 Å². The molecule has 146 valence electrons. The summed E-state index contributed by atoms with van der Waals surface area (Å²) in [6, 6.07) is 6.04. The molecule has 1 unspecified atom stereocenters. The van der Waals surface area contributed by atoms with E-state index in [2.05, 4.69) is 6.92 Å². The van der Waals surface area contributed by atoms with E-state index in [1.165, 1.54) is 17.6 Å². The Morgan fingerprint density at radius 2 is 1.85 bits per heavy atom. The summed E-state index contributed by atoms with van der Waals surface area (Å²) in [6.07, 6.45) is 2.43. The Kier molecular flexibility index (Phi) is 7.02. The van der Waals surface area contributed by atoms with Gasteiger partial charge in [-0.25, -0.2) is 13.9 Å². The van der Waals surface area contributed by atoms with Gasteiger partial charge in [-0.15, -0.1) is 0 Å². The first kappa shape index (κ1) is 20.7. The largest absolute Gasteiger partial charge is 0.494 e. The first-order valence-corrected chi connectivity index (χ1v) is 10.5. The number of ether oxygens (including phenoxy) is 1. The molecule has 1 saturated carbocycles. The average molecular weight is 385 g/mol. The van der Waals surface area contributed by atoms with Crippen LogP contribution in [0, 0.1) is 0 Å². The molecule has 0 aliphatic heterocycles. The monoisotopic (exact) mass is 385 g/mol. The predicted octanol–water partition coefficient (Wildman–Crippen LogP) is 2.21. The summed E-state index contributed by atoms with van der Waals surface area (Å²) in [4.78, 5) is 11.8. The molecule has 2 rings (SSSR count). The molecule has 3 N–H and O–H groups in total. The van der Waals surface area contributed by atoms with Gasteiger partial charge in [0.2, 0.25) is 0 Å². The minimum atomic E-state index is -4.00. The van der Waals surface area contributed by atoms with Gasteiger partial charge in [0, 0.05) is 0 Å². The third-order valence-corrected chi connectivity index (χ3v) is 7.59. The highest BCUT2D eigenvalue weighted by Gasteiger charge is 2.53. The number of nitrogens with one attached hydrogen (secondary N) is 1. The van der Waals surface area contributed by atoms with Crippen LogP contribution >= 0.6 is 0 Å². The number of amides is 1. The number of unbranched alkanes of at least 4 members (excludes halogenated alkanes) is 1. The van der Waals surface area contributed by atoms with Crippen molar-refractivity contribution in [3.63, 3.8) is 0 Å². The average Bonchev–Trinajstić information content (AvgIpc) is 2.67. The summed E-state index contributed by atoms with van der Waals surface area (Å²) in [5, 5.41) is 19.3. The van der Waals surface area contributed by atoms with Crippen LogP contribution in [0.2, 0.25) is 0 Å². The topological polar surface area (TPSA) is 113 Å². The minimum Gasteiger partial charge on any atom is -0.494 e. The van der Waals surface area contributed by atoms with Crippen LogP contribution < -0.4 is 10.2 Å². The minimum absolute atomic E-state index is 0.0343. The Balaban J connectivity index is 2.33. The van der Waals surface area contributed by atoms with Crippen LogP contribution in [0.3, 0.4) is 0 Å². The number of hydrogen-bond acceptors (Lipinski definition) is 6. The molecule has 0 spiro atoms. The zero-order valence-electron chi connectivity index (χ0n) is 15.0. The number of rotatable bonds is 8. The highest BCUT2D eigenvalue weighted by atomic mass is 32.2. The smallest absolute Gasteiger partial charge is 0.273 e. The van der Waals surface area contributed by atoms with E-state index in [0.717, 1.165) is 19.3 Å². The summed E-state index contributed by atoms with van der Waals surface area (Å²) < 4.78 is 30.5. The first-order valence-electron chi connectivity index (χ1n) is 8.98. The molecule has 0 bridgehead atoms. The maximum atomic E-state index is 13.3. The lowest BCUT2D eigenvalue weighted by Crippen LogP contribution is -2.56. The van der Waals surface area contributed by atoms with Gasteiger partial charge in [0.1, 0.15) is 10.5 Å². The van der Waals surface area contributed by atoms with Crippen molar-refractivity contribution in [3.05, 3.63) is 24.3 Å². The molecular weight excluding hydrogens is 358 g/mol. The zero-order valence-corrected chi connectivity index (χ0v) is 15.8. The predicted molar refractivity (Wildman–Crippen MR) is 95.8 cm³/mol. The van der Waals surface area contributed by atoms with Crippen LogP contribution in [0.5, 0.6) is 5.75 Å². The van der Waals surface area contributed by atoms with Crippen molar-refractivity contribution in [3.8, 4) is 5.75 Å². The summed E-state index contributed by atoms with van der Waals surface area (Å²) in [6.45, 7) is 2.61. The van der Waals surface area contributed by atoms with E-state index in [4.69, 9.17) is 9.94 Å². The Labute approximate surface area is 154 Å². The van der Waals surface area contributed by atoms with Crippen LogP contribution in [-0.2, 0) is 14.6 Å². The third-order valence-electron chi connectivity index (χ3n) is 4.99. The maximum absolute atomic E-state index is 13.3. The van der Waals surface area contributed by atoms with E-state index in [-0.39, 0.29) is 17.7 Å². The molecule has 8 heteroatoms. The number of carbonyl (C=O) groups is 1. The molecule has 1 aliphatic rings. The second-order valence-electron chi connectivity index (χ2n) is 6.68. The van der Waals surface area contributed by atoms with E-state index in [1.807, 2.05) is 0 Å². The normalized spacial score (nSPS) is 18.1. The molecule has 0 radical (unpaired) electrons. The molecule has 0 aromatic heterocycles. The lowest BCUT2D eigenvalue weighted by molar-refractivity contribution is -0.140. The quantitative estimate of drug-likeness (QED) is 0.359. The molecule has 1 fully saturated rings. The standard InChI is InChI=1S/C18H27NO6S/c1-2-3-13-25-14-7-9-15(10-8-14)26(23,24)18(11-5-4-6-12-18)16(20)17(21)19-22/h7-10,16,20,22H,2-6,11-13H2,1H3,(H,19,21). The molecule has 0 saturated heterocycles. The van der Waals surface area contributed by atoms with Crippen molar-refractivity contribution < 1.29 is 28.3 Å². The summed E-state index contributed by atoms with van der Waals surface area (Å²) >= 11 is 0. The highest BCUT2D eigenvalue weighted by molar-refractivity contribution is 7.93. The van der Waals surface area contributed by atoms with Gasteiger partial charge in [0.25, 0.3) is 5.91 Å². The van der Waals surface area contributed by atoms with Crippen molar-refractivity contribution in [2.75, 3.05) is 6.61 Å². The maximum Gasteiger partial charge on any atom is 0.273 e. The Hall–Kier alpha value is -1.64. The van der Waals surface area contributed by atoms with Crippen molar-refractivity contribution in [2.45, 2.75) is 67.6 Å². The van der Waals surface area contributed by atoms with Crippen LogP contribution in [-0.4, -0.2) is 42.1 Å². The molecule has 1 aliphatic carbocycles. The molecule has 7 nitrogen and oxygen atoms in total. The zero-order chi connectivity index (χ0) is 19.2. The van der Waals surface area contributed by atoms with Gasteiger partial charge in [-0.05, 0) is 43.5 Å². The van der Waals surface area contributed by atoms with E-state index >= 15 is 0 Å². The van der Waals surface area contributed by atoms with Crippen molar-refractivity contribution in [2.24, 2.45) is 0 Å². The number of sulfone groups is 1. The SMILES string of the molecule is CCCCOc1ccc(S(=O)(=O)C2(C(O)C(=O)NO)CCCCC2)cc1. The Bertz CT molecular complexity index is 695.